The number of amides is 2. The van der Waals surface area contributed by atoms with Gasteiger partial charge in [0.1, 0.15) is 5.75 Å². The van der Waals surface area contributed by atoms with Gasteiger partial charge in [-0.1, -0.05) is 0 Å². The fourth-order valence-electron chi connectivity index (χ4n) is 4.67. The molecule has 3 atom stereocenters. The molecule has 0 aromatic heterocycles. The number of nitrogens with zero attached hydrogens (tertiary/aromatic N) is 1. The van der Waals surface area contributed by atoms with E-state index in [0.29, 0.717) is 25.6 Å². The summed E-state index contributed by atoms with van der Waals surface area (Å²) in [5.74, 6) is 2.15. The van der Waals surface area contributed by atoms with E-state index in [0.717, 1.165) is 28.2 Å². The Kier molecular flexibility index (Phi) is 4.21. The van der Waals surface area contributed by atoms with Gasteiger partial charge < -0.3 is 19.7 Å². The first-order valence-corrected chi connectivity index (χ1v) is 9.42. The smallest absolute Gasteiger partial charge is 0.322 e. The van der Waals surface area contributed by atoms with Crippen molar-refractivity contribution in [1.29, 1.82) is 0 Å². The van der Waals surface area contributed by atoms with Crippen LogP contribution in [0.2, 0.25) is 0 Å². The van der Waals surface area contributed by atoms with E-state index in [4.69, 9.17) is 9.47 Å². The number of hydrogen-bond acceptors (Lipinski definition) is 3. The van der Waals surface area contributed by atoms with Crippen LogP contribution < -0.4 is 10.1 Å². The summed E-state index contributed by atoms with van der Waals surface area (Å²) in [5.41, 5.74) is 0.636. The molecule has 1 spiro atoms. The molecule has 5 nitrogen and oxygen atoms in total. The molecule has 1 aromatic rings. The molecule has 4 rings (SSSR count). The number of rotatable bonds is 2. The van der Waals surface area contributed by atoms with Crippen LogP contribution in [0.3, 0.4) is 0 Å². The number of carbonyl (C=O) groups is 1. The summed E-state index contributed by atoms with van der Waals surface area (Å²) in [6, 6.07) is 5.51. The number of methoxy groups -OCH3 is 1. The molecule has 130 valence electrons. The molecule has 1 N–H and O–H groups in total. The Balaban J connectivity index is 1.47. The van der Waals surface area contributed by atoms with E-state index in [-0.39, 0.29) is 11.6 Å². The number of urea groups is 1. The lowest BCUT2D eigenvalue weighted by Gasteiger charge is -2.45. The van der Waals surface area contributed by atoms with Crippen LogP contribution >= 0.6 is 15.9 Å². The minimum Gasteiger partial charge on any atom is -0.497 e. The highest BCUT2D eigenvalue weighted by molar-refractivity contribution is 9.10. The van der Waals surface area contributed by atoms with E-state index in [1.165, 1.54) is 19.3 Å². The van der Waals surface area contributed by atoms with E-state index in [1.54, 1.807) is 7.11 Å². The monoisotopic (exact) mass is 394 g/mol. The van der Waals surface area contributed by atoms with Gasteiger partial charge in [-0.2, -0.15) is 0 Å². The Morgan fingerprint density at radius 2 is 2.33 bits per heavy atom. The molecule has 2 amide bonds. The van der Waals surface area contributed by atoms with Gasteiger partial charge in [-0.3, -0.25) is 0 Å². The minimum absolute atomic E-state index is 0.0607. The predicted molar refractivity (Wildman–Crippen MR) is 95.4 cm³/mol. The van der Waals surface area contributed by atoms with Crippen LogP contribution in [0.15, 0.2) is 22.7 Å². The fourth-order valence-corrected chi connectivity index (χ4v) is 5.01. The Morgan fingerprint density at radius 3 is 3.04 bits per heavy atom. The zero-order valence-electron chi connectivity index (χ0n) is 13.9. The number of ether oxygens (including phenoxy) is 2. The largest absolute Gasteiger partial charge is 0.497 e. The maximum Gasteiger partial charge on any atom is 0.322 e. The summed E-state index contributed by atoms with van der Waals surface area (Å²) in [6.07, 6.45) is 4.97. The zero-order chi connectivity index (χ0) is 16.7. The highest BCUT2D eigenvalue weighted by atomic mass is 79.9. The zero-order valence-corrected chi connectivity index (χ0v) is 15.5. The van der Waals surface area contributed by atoms with Gasteiger partial charge in [-0.25, -0.2) is 4.79 Å². The van der Waals surface area contributed by atoms with Crippen molar-refractivity contribution in [2.24, 2.45) is 11.8 Å². The quantitative estimate of drug-likeness (QED) is 0.827. The first-order chi connectivity index (χ1) is 11.6. The van der Waals surface area contributed by atoms with Crippen molar-refractivity contribution in [3.63, 3.8) is 0 Å². The average molecular weight is 395 g/mol. The Hall–Kier alpha value is -1.27. The molecular formula is C18H23BrN2O3. The van der Waals surface area contributed by atoms with Crippen LogP contribution in [0.1, 0.15) is 25.7 Å². The number of nitrogens with one attached hydrogen (secondary N) is 1. The third-order valence-electron chi connectivity index (χ3n) is 5.83. The summed E-state index contributed by atoms with van der Waals surface area (Å²) in [7, 11) is 1.62. The number of halogens is 1. The highest BCUT2D eigenvalue weighted by Gasteiger charge is 2.54. The lowest BCUT2D eigenvalue weighted by molar-refractivity contribution is -0.126. The Morgan fingerprint density at radius 1 is 1.46 bits per heavy atom. The summed E-state index contributed by atoms with van der Waals surface area (Å²) in [4.78, 5) is 14.7. The molecule has 6 heteroatoms. The van der Waals surface area contributed by atoms with E-state index in [1.807, 2.05) is 23.1 Å². The van der Waals surface area contributed by atoms with E-state index in [2.05, 4.69) is 21.2 Å². The minimum atomic E-state index is -0.0931. The van der Waals surface area contributed by atoms with Gasteiger partial charge in [-0.05, 0) is 65.6 Å². The number of fused-ring (bicyclic) bond motifs is 3. The van der Waals surface area contributed by atoms with Crippen molar-refractivity contribution in [3.8, 4) is 5.75 Å². The second-order valence-electron chi connectivity index (χ2n) is 7.19. The number of carbonyl (C=O) groups excluding carboxylic acids is 1. The van der Waals surface area contributed by atoms with Crippen molar-refractivity contribution >= 4 is 27.6 Å². The standard InChI is InChI=1S/C18H23BrN2O3/c1-23-14-4-5-15(19)16(9-14)20-17(22)21-6-7-24-18(11-21)10-12-2-3-13(18)8-12/h4-5,9,12-13H,2-3,6-8,10-11H2,1H3,(H,20,22)/t12-,13-,18-/m0/s1. The molecular weight excluding hydrogens is 372 g/mol. The molecule has 2 bridgehead atoms. The molecule has 24 heavy (non-hydrogen) atoms. The van der Waals surface area contributed by atoms with Crippen molar-refractivity contribution < 1.29 is 14.3 Å². The maximum absolute atomic E-state index is 12.8. The van der Waals surface area contributed by atoms with Gasteiger partial charge in [0.05, 0.1) is 31.5 Å². The number of benzene rings is 1. The molecule has 0 unspecified atom stereocenters. The number of hydrogen-bond donors (Lipinski definition) is 1. The van der Waals surface area contributed by atoms with Crippen LogP contribution in [0, 0.1) is 11.8 Å². The van der Waals surface area contributed by atoms with Crippen molar-refractivity contribution in [1.82, 2.24) is 4.90 Å². The first-order valence-electron chi connectivity index (χ1n) is 8.63. The highest BCUT2D eigenvalue weighted by Crippen LogP contribution is 2.53. The molecule has 1 aromatic carbocycles. The number of morpholine rings is 1. The summed E-state index contributed by atoms with van der Waals surface area (Å²) in [6.45, 7) is 1.99. The van der Waals surface area contributed by atoms with Gasteiger partial charge in [0.2, 0.25) is 0 Å². The van der Waals surface area contributed by atoms with Crippen LogP contribution in [-0.4, -0.2) is 43.3 Å². The molecule has 2 aliphatic carbocycles. The van der Waals surface area contributed by atoms with Crippen LogP contribution in [0.25, 0.3) is 0 Å². The fraction of sp³-hybridized carbons (Fsp3) is 0.611. The summed E-state index contributed by atoms with van der Waals surface area (Å²) >= 11 is 3.48. The second kappa shape index (κ2) is 6.23. The topological polar surface area (TPSA) is 50.8 Å². The molecule has 1 aliphatic heterocycles. The number of anilines is 1. The van der Waals surface area contributed by atoms with Gasteiger partial charge in [0, 0.05) is 17.1 Å². The molecule has 2 saturated carbocycles. The predicted octanol–water partition coefficient (Wildman–Crippen LogP) is 3.88. The lowest BCUT2D eigenvalue weighted by atomic mass is 9.83. The lowest BCUT2D eigenvalue weighted by Crippen LogP contribution is -2.57. The Bertz CT molecular complexity index is 653. The third-order valence-corrected chi connectivity index (χ3v) is 6.52. The van der Waals surface area contributed by atoms with Gasteiger partial charge in [0.25, 0.3) is 0 Å². The summed E-state index contributed by atoms with van der Waals surface area (Å²) in [5, 5.41) is 3.01. The van der Waals surface area contributed by atoms with Crippen molar-refractivity contribution in [2.45, 2.75) is 31.3 Å². The molecule has 0 radical (unpaired) electrons. The first kappa shape index (κ1) is 16.2. The van der Waals surface area contributed by atoms with Crippen LogP contribution in [0.5, 0.6) is 5.75 Å². The third kappa shape index (κ3) is 2.80. The molecule has 1 saturated heterocycles. The van der Waals surface area contributed by atoms with E-state index in [9.17, 15) is 4.79 Å². The summed E-state index contributed by atoms with van der Waals surface area (Å²) < 4.78 is 12.3. The molecule has 3 fully saturated rings. The second-order valence-corrected chi connectivity index (χ2v) is 8.05. The van der Waals surface area contributed by atoms with Crippen LogP contribution in [0.4, 0.5) is 10.5 Å². The van der Waals surface area contributed by atoms with Gasteiger partial charge >= 0.3 is 6.03 Å². The molecule has 3 aliphatic rings. The van der Waals surface area contributed by atoms with Gasteiger partial charge in [0.15, 0.2) is 0 Å². The van der Waals surface area contributed by atoms with Crippen molar-refractivity contribution in [2.75, 3.05) is 32.1 Å². The average Bonchev–Trinajstić information content (AvgIpc) is 3.18. The Labute approximate surface area is 150 Å². The maximum atomic E-state index is 12.8. The SMILES string of the molecule is COc1ccc(Br)c(NC(=O)N2CCO[C@@]3(C[C@H]4CC[C@H]3C4)C2)c1. The van der Waals surface area contributed by atoms with E-state index < -0.39 is 0 Å². The van der Waals surface area contributed by atoms with Crippen molar-refractivity contribution in [3.05, 3.63) is 22.7 Å². The molecule has 1 heterocycles. The van der Waals surface area contributed by atoms with Crippen LogP contribution in [-0.2, 0) is 4.74 Å². The normalized spacial score (nSPS) is 31.5. The van der Waals surface area contributed by atoms with E-state index >= 15 is 0 Å². The van der Waals surface area contributed by atoms with Gasteiger partial charge in [-0.15, -0.1) is 0 Å².